The first-order chi connectivity index (χ1) is 6.24. The Kier molecular flexibility index (Phi) is 1.61. The summed E-state index contributed by atoms with van der Waals surface area (Å²) in [7, 11) is 0. The van der Waals surface area contributed by atoms with Crippen LogP contribution >= 0.6 is 11.3 Å². The zero-order chi connectivity index (χ0) is 9.42. The number of benzene rings is 1. The van der Waals surface area contributed by atoms with Crippen LogP contribution in [0.3, 0.4) is 0 Å². The van der Waals surface area contributed by atoms with E-state index in [4.69, 9.17) is 5.26 Å². The van der Waals surface area contributed by atoms with Gasteiger partial charge in [-0.2, -0.15) is 5.26 Å². The molecule has 0 unspecified atom stereocenters. The lowest BCUT2D eigenvalue weighted by Gasteiger charge is -1.99. The smallest absolute Gasteiger partial charge is 0.138 e. The van der Waals surface area contributed by atoms with Crippen LogP contribution in [0.15, 0.2) is 17.5 Å². The van der Waals surface area contributed by atoms with Crippen molar-refractivity contribution in [2.24, 2.45) is 0 Å². The van der Waals surface area contributed by atoms with Crippen molar-refractivity contribution in [1.82, 2.24) is 0 Å². The molecule has 1 aromatic carbocycles. The molecule has 3 nitrogen and oxygen atoms in total. The molecule has 0 atom stereocenters. The lowest BCUT2D eigenvalue weighted by atomic mass is 10.1. The largest absolute Gasteiger partial charge is 0.507 e. The molecule has 1 aromatic heterocycles. The molecule has 1 heterocycles. The Bertz CT molecular complexity index is 510. The standard InChI is InChI=1S/C9H5NO2S/c10-4-6-8(12)3-7(11)5-1-2-13-9(5)6/h1-3,11-12H. The molecular weight excluding hydrogens is 186 g/mol. The molecule has 0 saturated carbocycles. The second kappa shape index (κ2) is 2.64. The van der Waals surface area contributed by atoms with Gasteiger partial charge in [0, 0.05) is 11.5 Å². The van der Waals surface area contributed by atoms with Gasteiger partial charge in [-0.3, -0.25) is 0 Å². The quantitative estimate of drug-likeness (QED) is 0.670. The summed E-state index contributed by atoms with van der Waals surface area (Å²) in [4.78, 5) is 0. The summed E-state index contributed by atoms with van der Waals surface area (Å²) in [5.74, 6) is -0.164. The fourth-order valence-corrected chi connectivity index (χ4v) is 2.12. The summed E-state index contributed by atoms with van der Waals surface area (Å²) in [6, 6.07) is 4.81. The third kappa shape index (κ3) is 1.02. The number of phenols is 2. The minimum Gasteiger partial charge on any atom is -0.507 e. The van der Waals surface area contributed by atoms with E-state index in [1.165, 1.54) is 17.4 Å². The Balaban J connectivity index is 2.99. The van der Waals surface area contributed by atoms with E-state index in [9.17, 15) is 10.2 Å². The number of hydrogen-bond acceptors (Lipinski definition) is 4. The molecular formula is C9H5NO2S. The van der Waals surface area contributed by atoms with Crippen molar-refractivity contribution in [2.45, 2.75) is 0 Å². The maximum Gasteiger partial charge on any atom is 0.138 e. The number of thiophene rings is 1. The van der Waals surface area contributed by atoms with Crippen LogP contribution in [0.25, 0.3) is 10.1 Å². The first-order valence-electron chi connectivity index (χ1n) is 3.56. The summed E-state index contributed by atoms with van der Waals surface area (Å²) in [6.07, 6.45) is 0. The van der Waals surface area contributed by atoms with Crippen LogP contribution in [0.2, 0.25) is 0 Å². The molecule has 2 aromatic rings. The van der Waals surface area contributed by atoms with Crippen LogP contribution < -0.4 is 0 Å². The van der Waals surface area contributed by atoms with E-state index in [2.05, 4.69) is 0 Å². The summed E-state index contributed by atoms with van der Waals surface area (Å²) in [5.41, 5.74) is 0.225. The Labute approximate surface area is 78.1 Å². The van der Waals surface area contributed by atoms with E-state index in [1.54, 1.807) is 11.4 Å². The zero-order valence-corrected chi connectivity index (χ0v) is 7.30. The van der Waals surface area contributed by atoms with Crippen LogP contribution in [0.4, 0.5) is 0 Å². The Hall–Kier alpha value is -1.73. The topological polar surface area (TPSA) is 64.2 Å². The van der Waals surface area contributed by atoms with Crippen LogP contribution in [-0.2, 0) is 0 Å². The van der Waals surface area contributed by atoms with Crippen molar-refractivity contribution in [2.75, 3.05) is 0 Å². The van der Waals surface area contributed by atoms with Crippen molar-refractivity contribution >= 4 is 21.4 Å². The number of nitrogens with zero attached hydrogens (tertiary/aromatic N) is 1. The van der Waals surface area contributed by atoms with Gasteiger partial charge in [0.2, 0.25) is 0 Å². The van der Waals surface area contributed by atoms with E-state index in [-0.39, 0.29) is 17.1 Å². The van der Waals surface area contributed by atoms with Crippen LogP contribution in [0.5, 0.6) is 11.5 Å². The van der Waals surface area contributed by atoms with Crippen molar-refractivity contribution in [3.05, 3.63) is 23.1 Å². The molecule has 2 rings (SSSR count). The molecule has 0 aliphatic heterocycles. The summed E-state index contributed by atoms with van der Waals surface area (Å²) in [5, 5.41) is 29.8. The van der Waals surface area contributed by atoms with E-state index in [0.717, 1.165) is 0 Å². The lowest BCUT2D eigenvalue weighted by Crippen LogP contribution is -1.77. The molecule has 2 N–H and O–H groups in total. The van der Waals surface area contributed by atoms with Gasteiger partial charge in [-0.25, -0.2) is 0 Å². The molecule has 13 heavy (non-hydrogen) atoms. The van der Waals surface area contributed by atoms with Gasteiger partial charge in [-0.15, -0.1) is 11.3 Å². The minimum absolute atomic E-state index is 0.00718. The summed E-state index contributed by atoms with van der Waals surface area (Å²) in [6.45, 7) is 0. The molecule has 64 valence electrons. The molecule has 0 amide bonds. The highest BCUT2D eigenvalue weighted by molar-refractivity contribution is 7.17. The molecule has 0 fully saturated rings. The lowest BCUT2D eigenvalue weighted by molar-refractivity contribution is 0.454. The van der Waals surface area contributed by atoms with Crippen LogP contribution in [0.1, 0.15) is 5.56 Å². The number of fused-ring (bicyclic) bond motifs is 1. The predicted octanol–water partition coefficient (Wildman–Crippen LogP) is 2.18. The molecule has 4 heteroatoms. The Morgan fingerprint density at radius 1 is 1.31 bits per heavy atom. The van der Waals surface area contributed by atoms with Crippen molar-refractivity contribution in [3.8, 4) is 17.6 Å². The van der Waals surface area contributed by atoms with E-state index >= 15 is 0 Å². The van der Waals surface area contributed by atoms with Crippen molar-refractivity contribution < 1.29 is 10.2 Å². The average molecular weight is 191 g/mol. The molecule has 0 radical (unpaired) electrons. The number of aromatic hydroxyl groups is 2. The monoisotopic (exact) mass is 191 g/mol. The number of rotatable bonds is 0. The molecule has 0 bridgehead atoms. The Morgan fingerprint density at radius 3 is 2.77 bits per heavy atom. The van der Waals surface area contributed by atoms with Crippen molar-refractivity contribution in [3.63, 3.8) is 0 Å². The maximum absolute atomic E-state index is 9.40. The highest BCUT2D eigenvalue weighted by Gasteiger charge is 2.11. The first kappa shape index (κ1) is 7.90. The SMILES string of the molecule is N#Cc1c(O)cc(O)c2ccsc12. The molecule has 0 spiro atoms. The normalized spacial score (nSPS) is 10.1. The minimum atomic E-state index is -0.171. The van der Waals surface area contributed by atoms with Crippen LogP contribution in [0, 0.1) is 11.3 Å². The summed E-state index contributed by atoms with van der Waals surface area (Å²) >= 11 is 1.32. The zero-order valence-electron chi connectivity index (χ0n) is 6.48. The predicted molar refractivity (Wildman–Crippen MR) is 49.9 cm³/mol. The number of nitriles is 1. The van der Waals surface area contributed by atoms with Crippen LogP contribution in [-0.4, -0.2) is 10.2 Å². The second-order valence-corrected chi connectivity index (χ2v) is 3.48. The molecule has 0 saturated heterocycles. The third-order valence-electron chi connectivity index (χ3n) is 1.81. The van der Waals surface area contributed by atoms with Gasteiger partial charge >= 0.3 is 0 Å². The number of hydrogen-bond donors (Lipinski definition) is 2. The third-order valence-corrected chi connectivity index (χ3v) is 2.74. The number of phenolic OH excluding ortho intramolecular Hbond substituents is 2. The van der Waals surface area contributed by atoms with Gasteiger partial charge in [0.15, 0.2) is 0 Å². The molecule has 0 aliphatic carbocycles. The first-order valence-corrected chi connectivity index (χ1v) is 4.44. The van der Waals surface area contributed by atoms with Gasteiger partial charge in [0.05, 0.1) is 4.70 Å². The van der Waals surface area contributed by atoms with Gasteiger partial charge in [0.1, 0.15) is 23.1 Å². The fourth-order valence-electron chi connectivity index (χ4n) is 1.21. The highest BCUT2D eigenvalue weighted by atomic mass is 32.1. The second-order valence-electron chi connectivity index (χ2n) is 2.57. The van der Waals surface area contributed by atoms with Gasteiger partial charge in [-0.05, 0) is 11.4 Å². The van der Waals surface area contributed by atoms with Crippen molar-refractivity contribution in [1.29, 1.82) is 5.26 Å². The highest BCUT2D eigenvalue weighted by Crippen LogP contribution is 2.36. The fraction of sp³-hybridized carbons (Fsp3) is 0. The van der Waals surface area contributed by atoms with Gasteiger partial charge in [-0.1, -0.05) is 0 Å². The van der Waals surface area contributed by atoms with Gasteiger partial charge < -0.3 is 10.2 Å². The van der Waals surface area contributed by atoms with E-state index in [0.29, 0.717) is 10.1 Å². The van der Waals surface area contributed by atoms with Gasteiger partial charge in [0.25, 0.3) is 0 Å². The Morgan fingerprint density at radius 2 is 2.08 bits per heavy atom. The van der Waals surface area contributed by atoms with E-state index in [1.807, 2.05) is 6.07 Å². The maximum atomic E-state index is 9.40. The molecule has 0 aliphatic rings. The van der Waals surface area contributed by atoms with E-state index < -0.39 is 0 Å². The summed E-state index contributed by atoms with van der Waals surface area (Å²) < 4.78 is 0.625. The average Bonchev–Trinajstić information content (AvgIpc) is 2.53.